The van der Waals surface area contributed by atoms with E-state index in [1.54, 1.807) is 19.3 Å². The van der Waals surface area contributed by atoms with Gasteiger partial charge in [-0.15, -0.1) is 0 Å². The second-order valence-corrected chi connectivity index (χ2v) is 5.01. The first-order valence-electron chi connectivity index (χ1n) is 6.00. The number of hydrogen-bond donors (Lipinski definition) is 1. The fourth-order valence-corrected chi connectivity index (χ4v) is 1.94. The fraction of sp³-hybridized carbons (Fsp3) is 0.364. The van der Waals surface area contributed by atoms with Crippen molar-refractivity contribution >= 4 is 27.6 Å². The SMILES string of the molecule is CCCNc1nc(C)c([N+](=O)[O-])c(-n2cc(Br)cn2)n1. The van der Waals surface area contributed by atoms with Crippen molar-refractivity contribution in [2.45, 2.75) is 20.3 Å². The summed E-state index contributed by atoms with van der Waals surface area (Å²) >= 11 is 3.26. The number of rotatable bonds is 5. The number of anilines is 1. The Kier molecular flexibility index (Phi) is 4.28. The summed E-state index contributed by atoms with van der Waals surface area (Å²) in [6.45, 7) is 4.29. The summed E-state index contributed by atoms with van der Waals surface area (Å²) in [5.74, 6) is 0.503. The Bertz CT molecular complexity index is 642. The Morgan fingerprint density at radius 3 is 2.80 bits per heavy atom. The molecule has 2 heterocycles. The molecule has 0 atom stereocenters. The quantitative estimate of drug-likeness (QED) is 0.662. The maximum atomic E-state index is 11.2. The highest BCUT2D eigenvalue weighted by atomic mass is 79.9. The van der Waals surface area contributed by atoms with Crippen LogP contribution in [0, 0.1) is 17.0 Å². The number of nitrogens with zero attached hydrogens (tertiary/aromatic N) is 5. The third-order valence-corrected chi connectivity index (χ3v) is 2.93. The molecule has 0 bridgehead atoms. The van der Waals surface area contributed by atoms with E-state index in [1.807, 2.05) is 6.92 Å². The third-order valence-electron chi connectivity index (χ3n) is 2.52. The zero-order valence-electron chi connectivity index (χ0n) is 11.0. The van der Waals surface area contributed by atoms with Gasteiger partial charge in [-0.05, 0) is 29.3 Å². The van der Waals surface area contributed by atoms with E-state index in [-0.39, 0.29) is 11.5 Å². The molecule has 8 nitrogen and oxygen atoms in total. The van der Waals surface area contributed by atoms with Crippen molar-refractivity contribution in [2.75, 3.05) is 11.9 Å². The van der Waals surface area contributed by atoms with Crippen LogP contribution in [0.15, 0.2) is 16.9 Å². The predicted octanol–water partition coefficient (Wildman–Crippen LogP) is 2.46. The molecule has 20 heavy (non-hydrogen) atoms. The van der Waals surface area contributed by atoms with E-state index in [1.165, 1.54) is 4.68 Å². The van der Waals surface area contributed by atoms with Gasteiger partial charge in [0, 0.05) is 12.7 Å². The number of nitrogens with one attached hydrogen (secondary N) is 1. The minimum atomic E-state index is -0.496. The summed E-state index contributed by atoms with van der Waals surface area (Å²) in [4.78, 5) is 19.0. The van der Waals surface area contributed by atoms with Gasteiger partial charge in [-0.25, -0.2) is 9.67 Å². The smallest absolute Gasteiger partial charge is 0.334 e. The molecule has 0 unspecified atom stereocenters. The number of nitro groups is 1. The standard InChI is InChI=1S/C11H13BrN6O2/c1-3-4-13-11-15-7(2)9(18(19)20)10(16-11)17-6-8(12)5-14-17/h5-6H,3-4H2,1-2H3,(H,13,15,16). The van der Waals surface area contributed by atoms with E-state index in [2.05, 4.69) is 36.3 Å². The van der Waals surface area contributed by atoms with Crippen molar-refractivity contribution in [1.29, 1.82) is 0 Å². The first-order valence-corrected chi connectivity index (χ1v) is 6.79. The van der Waals surface area contributed by atoms with Crippen LogP contribution >= 0.6 is 15.9 Å². The first-order chi connectivity index (χ1) is 9.52. The molecule has 0 aliphatic heterocycles. The van der Waals surface area contributed by atoms with Gasteiger partial charge < -0.3 is 5.32 Å². The summed E-state index contributed by atoms with van der Waals surface area (Å²) in [6, 6.07) is 0. The normalized spacial score (nSPS) is 10.6. The summed E-state index contributed by atoms with van der Waals surface area (Å²) in [5.41, 5.74) is 0.146. The summed E-state index contributed by atoms with van der Waals surface area (Å²) in [7, 11) is 0. The highest BCUT2D eigenvalue weighted by Gasteiger charge is 2.24. The minimum Gasteiger partial charge on any atom is -0.354 e. The van der Waals surface area contributed by atoms with Crippen LogP contribution in [0.1, 0.15) is 19.0 Å². The van der Waals surface area contributed by atoms with Crippen molar-refractivity contribution in [3.05, 3.63) is 32.7 Å². The minimum absolute atomic E-state index is 0.145. The molecule has 0 amide bonds. The second kappa shape index (κ2) is 5.95. The van der Waals surface area contributed by atoms with Crippen LogP contribution in [0.3, 0.4) is 0 Å². The first kappa shape index (κ1) is 14.4. The van der Waals surface area contributed by atoms with E-state index >= 15 is 0 Å². The van der Waals surface area contributed by atoms with Crippen molar-refractivity contribution in [2.24, 2.45) is 0 Å². The molecular formula is C11H13BrN6O2. The number of hydrogen-bond acceptors (Lipinski definition) is 6. The Balaban J connectivity index is 2.55. The van der Waals surface area contributed by atoms with Crippen LogP contribution in [0.5, 0.6) is 0 Å². The highest BCUT2D eigenvalue weighted by molar-refractivity contribution is 9.10. The average Bonchev–Trinajstić information content (AvgIpc) is 2.81. The van der Waals surface area contributed by atoms with Crippen molar-refractivity contribution in [1.82, 2.24) is 19.7 Å². The van der Waals surface area contributed by atoms with Crippen LogP contribution in [0.25, 0.3) is 5.82 Å². The molecule has 2 rings (SSSR count). The lowest BCUT2D eigenvalue weighted by atomic mass is 10.3. The molecule has 0 aliphatic carbocycles. The molecule has 0 aliphatic rings. The number of aryl methyl sites for hydroxylation is 1. The molecule has 0 fully saturated rings. The molecule has 106 valence electrons. The maximum Gasteiger partial charge on any atom is 0.334 e. The molecule has 0 saturated heterocycles. The van der Waals surface area contributed by atoms with E-state index in [4.69, 9.17) is 0 Å². The Hall–Kier alpha value is -2.03. The van der Waals surface area contributed by atoms with Crippen molar-refractivity contribution < 1.29 is 4.92 Å². The Morgan fingerprint density at radius 1 is 1.50 bits per heavy atom. The van der Waals surface area contributed by atoms with Gasteiger partial charge in [-0.3, -0.25) is 10.1 Å². The van der Waals surface area contributed by atoms with E-state index in [0.717, 1.165) is 6.42 Å². The molecule has 9 heteroatoms. The van der Waals surface area contributed by atoms with Crippen molar-refractivity contribution in [3.8, 4) is 5.82 Å². The Morgan fingerprint density at radius 2 is 2.25 bits per heavy atom. The largest absolute Gasteiger partial charge is 0.354 e. The highest BCUT2D eigenvalue weighted by Crippen LogP contribution is 2.25. The molecule has 0 aromatic carbocycles. The van der Waals surface area contributed by atoms with Crippen LogP contribution in [0.4, 0.5) is 11.6 Å². The zero-order valence-corrected chi connectivity index (χ0v) is 12.6. The van der Waals surface area contributed by atoms with Crippen molar-refractivity contribution in [3.63, 3.8) is 0 Å². The fourth-order valence-electron chi connectivity index (χ4n) is 1.66. The topological polar surface area (TPSA) is 98.8 Å². The monoisotopic (exact) mass is 340 g/mol. The number of aromatic nitrogens is 4. The lowest BCUT2D eigenvalue weighted by Gasteiger charge is -2.08. The zero-order chi connectivity index (χ0) is 14.7. The Labute approximate surface area is 123 Å². The van der Waals surface area contributed by atoms with Crippen LogP contribution in [-0.2, 0) is 0 Å². The molecular weight excluding hydrogens is 328 g/mol. The molecule has 2 aromatic rings. The average molecular weight is 341 g/mol. The second-order valence-electron chi connectivity index (χ2n) is 4.09. The van der Waals surface area contributed by atoms with Crippen LogP contribution in [0.2, 0.25) is 0 Å². The van der Waals surface area contributed by atoms with E-state index in [9.17, 15) is 10.1 Å². The summed E-state index contributed by atoms with van der Waals surface area (Å²) < 4.78 is 2.07. The predicted molar refractivity (Wildman–Crippen MR) is 77.0 cm³/mol. The van der Waals surface area contributed by atoms with Gasteiger partial charge in [-0.2, -0.15) is 10.1 Å². The van der Waals surface area contributed by atoms with Gasteiger partial charge in [0.1, 0.15) is 5.69 Å². The van der Waals surface area contributed by atoms with E-state index in [0.29, 0.717) is 22.7 Å². The number of halogens is 1. The lowest BCUT2D eigenvalue weighted by Crippen LogP contribution is -2.12. The van der Waals surface area contributed by atoms with Gasteiger partial charge in [0.15, 0.2) is 0 Å². The lowest BCUT2D eigenvalue weighted by molar-refractivity contribution is -0.385. The van der Waals surface area contributed by atoms with E-state index < -0.39 is 4.92 Å². The van der Waals surface area contributed by atoms with Gasteiger partial charge >= 0.3 is 5.69 Å². The third kappa shape index (κ3) is 2.93. The summed E-state index contributed by atoms with van der Waals surface area (Å²) in [6.07, 6.45) is 4.06. The molecule has 1 N–H and O–H groups in total. The van der Waals surface area contributed by atoms with Gasteiger partial charge in [0.05, 0.1) is 15.6 Å². The van der Waals surface area contributed by atoms with Gasteiger partial charge in [0.2, 0.25) is 11.8 Å². The molecule has 0 spiro atoms. The summed E-state index contributed by atoms with van der Waals surface area (Å²) in [5, 5.41) is 18.3. The van der Waals surface area contributed by atoms with Gasteiger partial charge in [0.25, 0.3) is 0 Å². The molecule has 0 saturated carbocycles. The molecule has 0 radical (unpaired) electrons. The molecule has 2 aromatic heterocycles. The van der Waals surface area contributed by atoms with Crippen LogP contribution < -0.4 is 5.32 Å². The van der Waals surface area contributed by atoms with Crippen LogP contribution in [-0.4, -0.2) is 31.2 Å². The maximum absolute atomic E-state index is 11.2. The van der Waals surface area contributed by atoms with Gasteiger partial charge in [-0.1, -0.05) is 6.92 Å².